The van der Waals surface area contributed by atoms with E-state index in [9.17, 15) is 9.59 Å². The fourth-order valence-electron chi connectivity index (χ4n) is 3.19. The van der Waals surface area contributed by atoms with Gasteiger partial charge in [-0.05, 0) is 69.5 Å². The number of carbonyl (C=O) groups is 2. The Hall–Kier alpha value is -2.24. The second-order valence-corrected chi connectivity index (χ2v) is 8.66. The zero-order valence-corrected chi connectivity index (χ0v) is 20.2. The van der Waals surface area contributed by atoms with Crippen LogP contribution >= 0.6 is 23.2 Å². The molecule has 2 amide bonds. The monoisotopic (exact) mass is 464 g/mol. The highest BCUT2D eigenvalue weighted by molar-refractivity contribution is 6.36. The van der Waals surface area contributed by atoms with Crippen LogP contribution in [0.4, 0.5) is 0 Å². The van der Waals surface area contributed by atoms with Crippen LogP contribution in [0, 0.1) is 13.8 Å². The molecule has 0 radical (unpaired) electrons. The number of halogens is 2. The van der Waals surface area contributed by atoms with E-state index in [4.69, 9.17) is 27.9 Å². The molecule has 7 heteroatoms. The summed E-state index contributed by atoms with van der Waals surface area (Å²) < 4.78 is 5.75. The van der Waals surface area contributed by atoms with Crippen LogP contribution in [-0.4, -0.2) is 35.4 Å². The van der Waals surface area contributed by atoms with Crippen molar-refractivity contribution in [3.8, 4) is 5.75 Å². The smallest absolute Gasteiger partial charge is 0.261 e. The number of ether oxygens (including phenoxy) is 1. The van der Waals surface area contributed by atoms with Crippen LogP contribution in [0.5, 0.6) is 5.75 Å². The molecule has 1 N–H and O–H groups in total. The van der Waals surface area contributed by atoms with Crippen LogP contribution in [-0.2, 0) is 16.1 Å². The van der Waals surface area contributed by atoms with Gasteiger partial charge in [-0.3, -0.25) is 9.59 Å². The first-order valence-electron chi connectivity index (χ1n) is 10.4. The van der Waals surface area contributed by atoms with E-state index in [1.165, 1.54) is 4.90 Å². The lowest BCUT2D eigenvalue weighted by molar-refractivity contribution is -0.143. The number of aryl methyl sites for hydroxylation is 2. The van der Waals surface area contributed by atoms with Gasteiger partial charge in [0, 0.05) is 28.2 Å². The topological polar surface area (TPSA) is 58.6 Å². The minimum absolute atomic E-state index is 0.0470. The largest absolute Gasteiger partial charge is 0.484 e. The lowest BCUT2D eigenvalue weighted by Gasteiger charge is -2.31. The van der Waals surface area contributed by atoms with E-state index in [1.807, 2.05) is 52.8 Å². The average molecular weight is 465 g/mol. The minimum atomic E-state index is -0.675. The SMILES string of the molecule is CC[C@H](C(=O)NC(C)C)N(Cc1c(Cl)cccc1Cl)C(=O)COc1ccc(C)c(C)c1. The molecule has 0 aliphatic heterocycles. The molecule has 2 aromatic rings. The molecule has 0 bridgehead atoms. The van der Waals surface area contributed by atoms with Crippen LogP contribution in [0.2, 0.25) is 10.0 Å². The summed E-state index contributed by atoms with van der Waals surface area (Å²) in [7, 11) is 0. The lowest BCUT2D eigenvalue weighted by atomic mass is 10.1. The summed E-state index contributed by atoms with van der Waals surface area (Å²) in [5.74, 6) is 0.0621. The van der Waals surface area contributed by atoms with Gasteiger partial charge in [0.2, 0.25) is 5.91 Å². The molecule has 2 rings (SSSR count). The van der Waals surface area contributed by atoms with Crippen molar-refractivity contribution in [1.82, 2.24) is 10.2 Å². The van der Waals surface area contributed by atoms with E-state index in [2.05, 4.69) is 5.32 Å². The Balaban J connectivity index is 2.29. The molecule has 0 saturated heterocycles. The first-order valence-corrected chi connectivity index (χ1v) is 11.1. The Kier molecular flexibility index (Phi) is 9.20. The van der Waals surface area contributed by atoms with E-state index in [0.717, 1.165) is 11.1 Å². The highest BCUT2D eigenvalue weighted by Crippen LogP contribution is 2.27. The second kappa shape index (κ2) is 11.4. The minimum Gasteiger partial charge on any atom is -0.484 e. The molecule has 1 atom stereocenters. The van der Waals surface area contributed by atoms with Crippen LogP contribution in [0.1, 0.15) is 43.9 Å². The van der Waals surface area contributed by atoms with Gasteiger partial charge in [0.1, 0.15) is 11.8 Å². The Morgan fingerprint density at radius 3 is 2.26 bits per heavy atom. The van der Waals surface area contributed by atoms with E-state index in [0.29, 0.717) is 27.8 Å². The Bertz CT molecular complexity index is 911. The van der Waals surface area contributed by atoms with Crippen LogP contribution in [0.25, 0.3) is 0 Å². The number of nitrogens with zero attached hydrogens (tertiary/aromatic N) is 1. The molecular weight excluding hydrogens is 435 g/mol. The van der Waals surface area contributed by atoms with Crippen molar-refractivity contribution in [3.63, 3.8) is 0 Å². The highest BCUT2D eigenvalue weighted by atomic mass is 35.5. The van der Waals surface area contributed by atoms with Gasteiger partial charge >= 0.3 is 0 Å². The normalized spacial score (nSPS) is 11.9. The molecule has 0 heterocycles. The fraction of sp³-hybridized carbons (Fsp3) is 0.417. The molecule has 5 nitrogen and oxygen atoms in total. The molecule has 2 aromatic carbocycles. The summed E-state index contributed by atoms with van der Waals surface area (Å²) in [6.07, 6.45) is 0.440. The lowest BCUT2D eigenvalue weighted by Crippen LogP contribution is -2.51. The van der Waals surface area contributed by atoms with E-state index >= 15 is 0 Å². The third kappa shape index (κ3) is 6.88. The van der Waals surface area contributed by atoms with E-state index < -0.39 is 6.04 Å². The van der Waals surface area contributed by atoms with Crippen molar-refractivity contribution >= 4 is 35.0 Å². The summed E-state index contributed by atoms with van der Waals surface area (Å²) in [6.45, 7) is 9.53. The predicted molar refractivity (Wildman–Crippen MR) is 126 cm³/mol. The van der Waals surface area contributed by atoms with Crippen molar-refractivity contribution in [2.24, 2.45) is 0 Å². The summed E-state index contributed by atoms with van der Waals surface area (Å²) in [6, 6.07) is 10.1. The fourth-order valence-corrected chi connectivity index (χ4v) is 3.70. The summed E-state index contributed by atoms with van der Waals surface area (Å²) in [5.41, 5.74) is 2.82. The van der Waals surface area contributed by atoms with Gasteiger partial charge in [-0.15, -0.1) is 0 Å². The standard InChI is InChI=1S/C24H30Cl2N2O3/c1-6-22(24(30)27-15(2)3)28(13-19-20(25)8-7-9-21(19)26)23(29)14-31-18-11-10-16(4)17(5)12-18/h7-12,15,22H,6,13-14H2,1-5H3,(H,27,30)/t22-/m1/s1. The molecule has 168 valence electrons. The second-order valence-electron chi connectivity index (χ2n) is 7.84. The number of amides is 2. The maximum atomic E-state index is 13.2. The van der Waals surface area contributed by atoms with Crippen molar-refractivity contribution in [2.45, 2.75) is 59.7 Å². The first kappa shape index (κ1) is 25.0. The average Bonchev–Trinajstić information content (AvgIpc) is 2.70. The van der Waals surface area contributed by atoms with Gasteiger partial charge in [0.25, 0.3) is 5.91 Å². The van der Waals surface area contributed by atoms with Gasteiger partial charge in [0.15, 0.2) is 6.61 Å². The Morgan fingerprint density at radius 1 is 1.06 bits per heavy atom. The zero-order chi connectivity index (χ0) is 23.1. The van der Waals surface area contributed by atoms with E-state index in [1.54, 1.807) is 18.2 Å². The zero-order valence-electron chi connectivity index (χ0n) is 18.7. The molecule has 0 spiro atoms. The molecule has 0 unspecified atom stereocenters. The van der Waals surface area contributed by atoms with Crippen LogP contribution < -0.4 is 10.1 Å². The summed E-state index contributed by atoms with van der Waals surface area (Å²) >= 11 is 12.7. The molecule has 0 aromatic heterocycles. The highest BCUT2D eigenvalue weighted by Gasteiger charge is 2.30. The van der Waals surface area contributed by atoms with Gasteiger partial charge < -0.3 is 15.0 Å². The van der Waals surface area contributed by atoms with Gasteiger partial charge in [-0.25, -0.2) is 0 Å². The molecular formula is C24H30Cl2N2O3. The van der Waals surface area contributed by atoms with Crippen LogP contribution in [0.15, 0.2) is 36.4 Å². The molecule has 0 aliphatic carbocycles. The van der Waals surface area contributed by atoms with Crippen molar-refractivity contribution in [2.75, 3.05) is 6.61 Å². The third-order valence-corrected chi connectivity index (χ3v) is 5.76. The first-order chi connectivity index (χ1) is 14.6. The summed E-state index contributed by atoms with van der Waals surface area (Å²) in [4.78, 5) is 27.5. The molecule has 0 saturated carbocycles. The quantitative estimate of drug-likeness (QED) is 0.545. The maximum Gasteiger partial charge on any atom is 0.261 e. The van der Waals surface area contributed by atoms with Crippen molar-refractivity contribution < 1.29 is 14.3 Å². The van der Waals surface area contributed by atoms with Gasteiger partial charge in [-0.1, -0.05) is 42.3 Å². The van der Waals surface area contributed by atoms with Crippen molar-refractivity contribution in [1.29, 1.82) is 0 Å². The van der Waals surface area contributed by atoms with Crippen molar-refractivity contribution in [3.05, 3.63) is 63.1 Å². The van der Waals surface area contributed by atoms with Gasteiger partial charge in [0.05, 0.1) is 0 Å². The third-order valence-electron chi connectivity index (χ3n) is 5.05. The van der Waals surface area contributed by atoms with Gasteiger partial charge in [-0.2, -0.15) is 0 Å². The molecule has 31 heavy (non-hydrogen) atoms. The number of hydrogen-bond donors (Lipinski definition) is 1. The van der Waals surface area contributed by atoms with E-state index in [-0.39, 0.29) is 31.0 Å². The van der Waals surface area contributed by atoms with Crippen LogP contribution in [0.3, 0.4) is 0 Å². The Morgan fingerprint density at radius 2 is 1.71 bits per heavy atom. The number of carbonyl (C=O) groups excluding carboxylic acids is 2. The molecule has 0 aliphatic rings. The maximum absolute atomic E-state index is 13.2. The predicted octanol–water partition coefficient (Wildman–Crippen LogP) is 5.32. The number of benzene rings is 2. The molecule has 0 fully saturated rings. The number of hydrogen-bond acceptors (Lipinski definition) is 3. The number of rotatable bonds is 9. The Labute approximate surface area is 194 Å². The number of nitrogens with one attached hydrogen (secondary N) is 1. The summed E-state index contributed by atoms with van der Waals surface area (Å²) in [5, 5.41) is 3.78.